The first-order valence-electron chi connectivity index (χ1n) is 5.84. The zero-order valence-electron chi connectivity index (χ0n) is 9.95. The molecule has 0 bridgehead atoms. The highest BCUT2D eigenvalue weighted by molar-refractivity contribution is 5.37. The predicted molar refractivity (Wildman–Crippen MR) is 62.0 cm³/mol. The van der Waals surface area contributed by atoms with Crippen LogP contribution in [0.15, 0.2) is 12.1 Å². The summed E-state index contributed by atoms with van der Waals surface area (Å²) >= 11 is 0. The lowest BCUT2D eigenvalue weighted by Crippen LogP contribution is -2.27. The monoisotopic (exact) mass is 256 g/mol. The third kappa shape index (κ3) is 2.81. The van der Waals surface area contributed by atoms with Gasteiger partial charge in [-0.15, -0.1) is 0 Å². The van der Waals surface area contributed by atoms with Gasteiger partial charge in [0.2, 0.25) is 5.82 Å². The number of hydrogen-bond donors (Lipinski definition) is 1. The summed E-state index contributed by atoms with van der Waals surface area (Å²) in [6.45, 7) is 2.16. The quantitative estimate of drug-likeness (QED) is 0.651. The van der Waals surface area contributed by atoms with Crippen molar-refractivity contribution in [1.29, 1.82) is 0 Å². The van der Waals surface area contributed by atoms with Gasteiger partial charge in [-0.1, -0.05) is 0 Å². The Balaban J connectivity index is 2.11. The van der Waals surface area contributed by atoms with Crippen molar-refractivity contribution >= 4 is 5.69 Å². The molecule has 1 aromatic carbocycles. The van der Waals surface area contributed by atoms with E-state index in [-0.39, 0.29) is 18.2 Å². The Morgan fingerprint density at radius 3 is 2.67 bits per heavy atom. The van der Waals surface area contributed by atoms with E-state index in [1.807, 2.05) is 6.92 Å². The van der Waals surface area contributed by atoms with Crippen LogP contribution in [0.2, 0.25) is 0 Å². The zero-order chi connectivity index (χ0) is 13.3. The van der Waals surface area contributed by atoms with Gasteiger partial charge in [-0.25, -0.2) is 4.39 Å². The number of benzene rings is 1. The standard InChI is InChI=1S/C12H14F2N2O2/c1-7(8-2-3-8)15-6-9-4-12(16(17)18)11(14)5-10(9)13/h4-5,7-8,15H,2-3,6H2,1H3. The summed E-state index contributed by atoms with van der Waals surface area (Å²) in [7, 11) is 0. The second kappa shape index (κ2) is 4.97. The van der Waals surface area contributed by atoms with Crippen LogP contribution in [0.1, 0.15) is 25.3 Å². The molecule has 0 saturated heterocycles. The average Bonchev–Trinajstić information content (AvgIpc) is 3.10. The van der Waals surface area contributed by atoms with Crippen molar-refractivity contribution in [2.45, 2.75) is 32.4 Å². The number of nitro benzene ring substituents is 1. The van der Waals surface area contributed by atoms with E-state index in [0.29, 0.717) is 12.0 Å². The Kier molecular flexibility index (Phi) is 3.56. The van der Waals surface area contributed by atoms with Crippen molar-refractivity contribution in [3.8, 4) is 0 Å². The SMILES string of the molecule is CC(NCc1cc([N+](=O)[O-])c(F)cc1F)C1CC1. The second-order valence-electron chi connectivity index (χ2n) is 4.66. The molecule has 98 valence electrons. The van der Waals surface area contributed by atoms with Gasteiger partial charge >= 0.3 is 5.69 Å². The minimum absolute atomic E-state index is 0.121. The van der Waals surface area contributed by atoms with Gasteiger partial charge < -0.3 is 5.32 Å². The summed E-state index contributed by atoms with van der Waals surface area (Å²) in [5, 5.41) is 13.7. The number of nitrogens with zero attached hydrogens (tertiary/aromatic N) is 1. The Labute approximate surface area is 103 Å². The fraction of sp³-hybridized carbons (Fsp3) is 0.500. The molecular weight excluding hydrogens is 242 g/mol. The van der Waals surface area contributed by atoms with Crippen LogP contribution < -0.4 is 5.32 Å². The molecule has 0 heterocycles. The summed E-state index contributed by atoms with van der Waals surface area (Å²) in [6.07, 6.45) is 2.31. The Morgan fingerprint density at radius 2 is 2.11 bits per heavy atom. The van der Waals surface area contributed by atoms with E-state index in [4.69, 9.17) is 0 Å². The molecular formula is C12H14F2N2O2. The van der Waals surface area contributed by atoms with Crippen molar-refractivity contribution < 1.29 is 13.7 Å². The lowest BCUT2D eigenvalue weighted by Gasteiger charge is -2.13. The molecule has 0 aliphatic heterocycles. The molecule has 0 spiro atoms. The van der Waals surface area contributed by atoms with Crippen LogP contribution in [0.5, 0.6) is 0 Å². The van der Waals surface area contributed by atoms with Crippen LogP contribution in [-0.2, 0) is 6.54 Å². The summed E-state index contributed by atoms with van der Waals surface area (Å²) in [5.41, 5.74) is -0.567. The fourth-order valence-corrected chi connectivity index (χ4v) is 1.89. The molecule has 0 aromatic heterocycles. The molecule has 18 heavy (non-hydrogen) atoms. The topological polar surface area (TPSA) is 55.2 Å². The van der Waals surface area contributed by atoms with E-state index in [0.717, 1.165) is 18.9 Å². The number of halogens is 2. The maximum absolute atomic E-state index is 13.5. The van der Waals surface area contributed by atoms with Gasteiger partial charge in [0, 0.05) is 30.3 Å². The van der Waals surface area contributed by atoms with E-state index in [9.17, 15) is 18.9 Å². The van der Waals surface area contributed by atoms with Gasteiger partial charge in [0.1, 0.15) is 5.82 Å². The van der Waals surface area contributed by atoms with E-state index in [2.05, 4.69) is 5.32 Å². The Morgan fingerprint density at radius 1 is 1.44 bits per heavy atom. The first-order valence-corrected chi connectivity index (χ1v) is 5.84. The highest BCUT2D eigenvalue weighted by Gasteiger charge is 2.27. The van der Waals surface area contributed by atoms with E-state index in [1.165, 1.54) is 0 Å². The lowest BCUT2D eigenvalue weighted by atomic mass is 10.1. The second-order valence-corrected chi connectivity index (χ2v) is 4.66. The maximum atomic E-state index is 13.5. The first kappa shape index (κ1) is 12.9. The van der Waals surface area contributed by atoms with Crippen molar-refractivity contribution in [2.75, 3.05) is 0 Å². The molecule has 4 nitrogen and oxygen atoms in total. The number of hydrogen-bond acceptors (Lipinski definition) is 3. The van der Waals surface area contributed by atoms with Crippen LogP contribution in [0.3, 0.4) is 0 Å². The molecule has 1 unspecified atom stereocenters. The highest BCUT2D eigenvalue weighted by atomic mass is 19.1. The van der Waals surface area contributed by atoms with E-state index >= 15 is 0 Å². The Hall–Kier alpha value is -1.56. The molecule has 1 fully saturated rings. The average molecular weight is 256 g/mol. The number of nitro groups is 1. The summed E-state index contributed by atoms with van der Waals surface area (Å²) < 4.78 is 26.6. The smallest absolute Gasteiger partial charge is 0.305 e. The summed E-state index contributed by atoms with van der Waals surface area (Å²) in [5.74, 6) is -1.30. The lowest BCUT2D eigenvalue weighted by molar-refractivity contribution is -0.387. The normalized spacial score (nSPS) is 16.6. The Bertz CT molecular complexity index is 475. The minimum atomic E-state index is -1.14. The molecule has 0 radical (unpaired) electrons. The third-order valence-electron chi connectivity index (χ3n) is 3.26. The number of rotatable bonds is 5. The van der Waals surface area contributed by atoms with E-state index < -0.39 is 22.2 Å². The third-order valence-corrected chi connectivity index (χ3v) is 3.26. The van der Waals surface area contributed by atoms with Crippen LogP contribution in [0, 0.1) is 27.7 Å². The molecule has 1 aromatic rings. The van der Waals surface area contributed by atoms with Gasteiger partial charge in [0.15, 0.2) is 0 Å². The molecule has 1 aliphatic rings. The van der Waals surface area contributed by atoms with Crippen molar-refractivity contribution in [3.63, 3.8) is 0 Å². The van der Waals surface area contributed by atoms with Gasteiger partial charge in [0.25, 0.3) is 0 Å². The largest absolute Gasteiger partial charge is 0.310 e. The fourth-order valence-electron chi connectivity index (χ4n) is 1.89. The molecule has 1 aliphatic carbocycles. The van der Waals surface area contributed by atoms with Gasteiger partial charge in [-0.3, -0.25) is 10.1 Å². The highest BCUT2D eigenvalue weighted by Crippen LogP contribution is 2.32. The van der Waals surface area contributed by atoms with Crippen LogP contribution in [0.4, 0.5) is 14.5 Å². The van der Waals surface area contributed by atoms with Gasteiger partial charge in [0.05, 0.1) is 4.92 Å². The predicted octanol–water partition coefficient (Wildman–Crippen LogP) is 2.76. The minimum Gasteiger partial charge on any atom is -0.310 e. The van der Waals surface area contributed by atoms with Crippen molar-refractivity contribution in [1.82, 2.24) is 5.32 Å². The first-order chi connectivity index (χ1) is 8.49. The molecule has 1 saturated carbocycles. The maximum Gasteiger partial charge on any atom is 0.305 e. The number of nitrogens with one attached hydrogen (secondary N) is 1. The van der Waals surface area contributed by atoms with Crippen LogP contribution in [0.25, 0.3) is 0 Å². The summed E-state index contributed by atoms with van der Waals surface area (Å²) in [6, 6.07) is 1.77. The van der Waals surface area contributed by atoms with E-state index in [1.54, 1.807) is 0 Å². The summed E-state index contributed by atoms with van der Waals surface area (Å²) in [4.78, 5) is 9.72. The van der Waals surface area contributed by atoms with Crippen molar-refractivity contribution in [3.05, 3.63) is 39.4 Å². The molecule has 2 rings (SSSR count). The zero-order valence-corrected chi connectivity index (χ0v) is 9.95. The van der Waals surface area contributed by atoms with Crippen LogP contribution >= 0.6 is 0 Å². The molecule has 1 N–H and O–H groups in total. The van der Waals surface area contributed by atoms with Crippen LogP contribution in [-0.4, -0.2) is 11.0 Å². The molecule has 6 heteroatoms. The van der Waals surface area contributed by atoms with Gasteiger partial charge in [-0.2, -0.15) is 4.39 Å². The van der Waals surface area contributed by atoms with Crippen molar-refractivity contribution in [2.24, 2.45) is 5.92 Å². The van der Waals surface area contributed by atoms with Gasteiger partial charge in [-0.05, 0) is 25.7 Å². The molecule has 0 amide bonds. The molecule has 1 atom stereocenters.